The highest BCUT2D eigenvalue weighted by atomic mass is 16.6. The summed E-state index contributed by atoms with van der Waals surface area (Å²) in [7, 11) is 0. The van der Waals surface area contributed by atoms with E-state index in [4.69, 9.17) is 10.5 Å². The molecule has 1 unspecified atom stereocenters. The van der Waals surface area contributed by atoms with E-state index in [-0.39, 0.29) is 0 Å². The minimum atomic E-state index is -0.997. The van der Waals surface area contributed by atoms with Crippen molar-refractivity contribution in [1.82, 2.24) is 0 Å². The van der Waals surface area contributed by atoms with Gasteiger partial charge in [0.25, 0.3) is 0 Å². The van der Waals surface area contributed by atoms with E-state index in [1.165, 1.54) is 0 Å². The highest BCUT2D eigenvalue weighted by Gasteiger charge is 2.27. The summed E-state index contributed by atoms with van der Waals surface area (Å²) in [4.78, 5) is 10.1. The molecule has 0 spiro atoms. The van der Waals surface area contributed by atoms with Gasteiger partial charge in [0.05, 0.1) is 18.1 Å². The Kier molecular flexibility index (Phi) is 4.19. The van der Waals surface area contributed by atoms with Crippen LogP contribution in [0, 0.1) is 45.6 Å². The zero-order valence-electron chi connectivity index (χ0n) is 9.33. The van der Waals surface area contributed by atoms with E-state index in [9.17, 15) is 10.1 Å². The van der Waals surface area contributed by atoms with E-state index < -0.39 is 23.3 Å². The van der Waals surface area contributed by atoms with E-state index in [1.807, 2.05) is 19.1 Å². The number of nitrogens with zero attached hydrogens (tertiary/aromatic N) is 3. The average Bonchev–Trinajstić information content (AvgIpc) is 2.30. The Morgan fingerprint density at radius 3 is 2.24 bits per heavy atom. The van der Waals surface area contributed by atoms with Crippen LogP contribution in [-0.2, 0) is 0 Å². The van der Waals surface area contributed by atoms with Crippen LogP contribution in [-0.4, -0.2) is 11.5 Å². The first-order valence-corrected chi connectivity index (χ1v) is 5.06. The minimum absolute atomic E-state index is 0.408. The van der Waals surface area contributed by atoms with Gasteiger partial charge in [-0.15, -0.1) is 0 Å². The first kappa shape index (κ1) is 12.7. The molecule has 0 aliphatic carbocycles. The standard InChI is InChI=1S/C12H11N3O2/c1-9-2-4-10(5-3-9)12(8-15(16)17)11(6-13)7-14/h2-5,11-12H,8H2,1H3. The number of hydrogen-bond donors (Lipinski definition) is 0. The van der Waals surface area contributed by atoms with Gasteiger partial charge in [0, 0.05) is 4.92 Å². The van der Waals surface area contributed by atoms with Crippen molar-refractivity contribution in [2.24, 2.45) is 5.92 Å². The Hall–Kier alpha value is -2.40. The van der Waals surface area contributed by atoms with Crippen LogP contribution in [0.15, 0.2) is 24.3 Å². The molecule has 0 N–H and O–H groups in total. The summed E-state index contributed by atoms with van der Waals surface area (Å²) in [6.07, 6.45) is 0. The fraction of sp³-hybridized carbons (Fsp3) is 0.333. The molecule has 17 heavy (non-hydrogen) atoms. The Balaban J connectivity index is 3.06. The van der Waals surface area contributed by atoms with Crippen molar-refractivity contribution in [1.29, 1.82) is 10.5 Å². The molecule has 0 aliphatic heterocycles. The van der Waals surface area contributed by atoms with Crippen LogP contribution >= 0.6 is 0 Å². The number of nitro groups is 1. The van der Waals surface area contributed by atoms with Crippen LogP contribution in [0.25, 0.3) is 0 Å². The molecule has 0 aromatic heterocycles. The molecule has 5 nitrogen and oxygen atoms in total. The van der Waals surface area contributed by atoms with Crippen molar-refractivity contribution in [2.75, 3.05) is 6.54 Å². The van der Waals surface area contributed by atoms with Crippen molar-refractivity contribution in [2.45, 2.75) is 12.8 Å². The molecule has 0 heterocycles. The molecule has 0 fully saturated rings. The fourth-order valence-corrected chi connectivity index (χ4v) is 1.59. The quantitative estimate of drug-likeness (QED) is 0.583. The SMILES string of the molecule is Cc1ccc(C(C[N+](=O)[O-])C(C#N)C#N)cc1. The van der Waals surface area contributed by atoms with Crippen LogP contribution in [0.2, 0.25) is 0 Å². The van der Waals surface area contributed by atoms with Crippen molar-refractivity contribution in [3.63, 3.8) is 0 Å². The number of nitriles is 2. The van der Waals surface area contributed by atoms with Gasteiger partial charge < -0.3 is 0 Å². The average molecular weight is 229 g/mol. The smallest absolute Gasteiger partial charge is 0.212 e. The lowest BCUT2D eigenvalue weighted by Crippen LogP contribution is -2.19. The maximum Gasteiger partial charge on any atom is 0.212 e. The number of aryl methyl sites for hydroxylation is 1. The Morgan fingerprint density at radius 1 is 1.29 bits per heavy atom. The molecule has 0 radical (unpaired) electrons. The lowest BCUT2D eigenvalue weighted by molar-refractivity contribution is -0.484. The molecule has 1 rings (SSSR count). The van der Waals surface area contributed by atoms with Crippen molar-refractivity contribution < 1.29 is 4.92 Å². The molecular formula is C12H11N3O2. The highest BCUT2D eigenvalue weighted by Crippen LogP contribution is 2.24. The summed E-state index contributed by atoms with van der Waals surface area (Å²) < 4.78 is 0. The van der Waals surface area contributed by atoms with Crippen molar-refractivity contribution >= 4 is 0 Å². The first-order chi connectivity index (χ1) is 8.08. The molecule has 1 aromatic carbocycles. The zero-order chi connectivity index (χ0) is 12.8. The Bertz CT molecular complexity index is 468. The third-order valence-corrected chi connectivity index (χ3v) is 2.53. The van der Waals surface area contributed by atoms with E-state index in [1.54, 1.807) is 24.3 Å². The van der Waals surface area contributed by atoms with Gasteiger partial charge in [-0.25, -0.2) is 0 Å². The van der Waals surface area contributed by atoms with Gasteiger partial charge in [0.15, 0.2) is 0 Å². The third kappa shape index (κ3) is 3.29. The lowest BCUT2D eigenvalue weighted by Gasteiger charge is -2.13. The molecule has 0 bridgehead atoms. The number of rotatable bonds is 4. The van der Waals surface area contributed by atoms with Crippen LogP contribution in [0.4, 0.5) is 0 Å². The normalized spacial score (nSPS) is 11.5. The predicted molar refractivity (Wildman–Crippen MR) is 60.5 cm³/mol. The topological polar surface area (TPSA) is 90.7 Å². The second-order valence-electron chi connectivity index (χ2n) is 3.77. The monoisotopic (exact) mass is 229 g/mol. The van der Waals surface area contributed by atoms with Crippen molar-refractivity contribution in [3.8, 4) is 12.1 Å². The summed E-state index contributed by atoms with van der Waals surface area (Å²) in [5.74, 6) is -1.68. The van der Waals surface area contributed by atoms with Crippen LogP contribution in [0.1, 0.15) is 17.0 Å². The van der Waals surface area contributed by atoms with Gasteiger partial charge in [0.1, 0.15) is 5.92 Å². The third-order valence-electron chi connectivity index (χ3n) is 2.53. The molecule has 0 amide bonds. The summed E-state index contributed by atoms with van der Waals surface area (Å²) in [5, 5.41) is 28.2. The molecule has 0 saturated heterocycles. The molecule has 0 saturated carbocycles. The first-order valence-electron chi connectivity index (χ1n) is 5.06. The summed E-state index contributed by atoms with van der Waals surface area (Å²) >= 11 is 0. The second kappa shape index (κ2) is 5.62. The van der Waals surface area contributed by atoms with Crippen molar-refractivity contribution in [3.05, 3.63) is 45.5 Å². The molecule has 86 valence electrons. The van der Waals surface area contributed by atoms with Gasteiger partial charge in [-0.3, -0.25) is 10.1 Å². The van der Waals surface area contributed by atoms with E-state index >= 15 is 0 Å². The van der Waals surface area contributed by atoms with Crippen LogP contribution in [0.5, 0.6) is 0 Å². The molecule has 5 heteroatoms. The van der Waals surface area contributed by atoms with Crippen LogP contribution in [0.3, 0.4) is 0 Å². The van der Waals surface area contributed by atoms with E-state index in [0.717, 1.165) is 5.56 Å². The van der Waals surface area contributed by atoms with E-state index in [0.29, 0.717) is 5.56 Å². The number of hydrogen-bond acceptors (Lipinski definition) is 4. The molecule has 0 aliphatic rings. The Morgan fingerprint density at radius 2 is 1.82 bits per heavy atom. The molecule has 1 atom stereocenters. The highest BCUT2D eigenvalue weighted by molar-refractivity contribution is 5.28. The molecule has 1 aromatic rings. The fourth-order valence-electron chi connectivity index (χ4n) is 1.59. The number of benzene rings is 1. The summed E-state index contributed by atoms with van der Waals surface area (Å²) in [5.41, 5.74) is 1.68. The van der Waals surface area contributed by atoms with Gasteiger partial charge in [-0.1, -0.05) is 29.8 Å². The maximum atomic E-state index is 10.6. The van der Waals surface area contributed by atoms with E-state index in [2.05, 4.69) is 0 Å². The van der Waals surface area contributed by atoms with Gasteiger partial charge in [-0.05, 0) is 12.5 Å². The zero-order valence-corrected chi connectivity index (χ0v) is 9.33. The second-order valence-corrected chi connectivity index (χ2v) is 3.77. The summed E-state index contributed by atoms with van der Waals surface area (Å²) in [6, 6.07) is 10.7. The largest absolute Gasteiger partial charge is 0.265 e. The van der Waals surface area contributed by atoms with Gasteiger partial charge in [-0.2, -0.15) is 10.5 Å². The van der Waals surface area contributed by atoms with Gasteiger partial charge in [0.2, 0.25) is 6.54 Å². The molecular weight excluding hydrogens is 218 g/mol. The minimum Gasteiger partial charge on any atom is -0.265 e. The van der Waals surface area contributed by atoms with Gasteiger partial charge >= 0.3 is 0 Å². The lowest BCUT2D eigenvalue weighted by atomic mass is 9.87. The maximum absolute atomic E-state index is 10.6. The van der Waals surface area contributed by atoms with Crippen LogP contribution < -0.4 is 0 Å². The summed E-state index contributed by atoms with van der Waals surface area (Å²) in [6.45, 7) is 1.49. The Labute approximate surface area is 99.1 Å². The predicted octanol–water partition coefficient (Wildman–Crippen LogP) is 2.02.